The van der Waals surface area contributed by atoms with Gasteiger partial charge < -0.3 is 17.3 Å². The van der Waals surface area contributed by atoms with Crippen LogP contribution in [0.5, 0.6) is 11.5 Å². The average Bonchev–Trinajstić information content (AvgIpc) is 2.81. The molecule has 0 aliphatic rings. The van der Waals surface area contributed by atoms with E-state index >= 15 is 0 Å². The third kappa shape index (κ3) is 9.77. The molecule has 0 N–H and O–H groups in total. The fraction of sp³-hybridized carbons (Fsp3) is 0.250. The molecule has 0 saturated heterocycles. The summed E-state index contributed by atoms with van der Waals surface area (Å²) in [6.45, 7) is 2.16. The molecule has 0 aromatic heterocycles. The summed E-state index contributed by atoms with van der Waals surface area (Å²) in [7, 11) is -2.63. The standard InChI is InChI=1S/C24H27O4Se.BF4/c1-25-16-18-27-21-12-6-8-14-23(21)29(20-10-4-3-5-11-20)24-15-9-7-13-22(24)28-19-17-26-2;2-1(3,4)5/h3-15H,16-19H2,1-2H3;/q+1;-1. The van der Waals surface area contributed by atoms with E-state index in [1.54, 1.807) is 14.2 Å². The van der Waals surface area contributed by atoms with Gasteiger partial charge in [-0.25, -0.2) is 0 Å². The number of para-hydroxylation sites is 2. The van der Waals surface area contributed by atoms with E-state index in [1.165, 1.54) is 13.4 Å². The minimum atomic E-state index is -6.00. The van der Waals surface area contributed by atoms with Crippen molar-refractivity contribution >= 4 is 34.5 Å². The van der Waals surface area contributed by atoms with Crippen molar-refractivity contribution in [2.24, 2.45) is 0 Å². The van der Waals surface area contributed by atoms with E-state index in [2.05, 4.69) is 54.6 Å². The molecule has 0 aliphatic carbocycles. The number of hydrogen-bond acceptors (Lipinski definition) is 4. The monoisotopic (exact) mass is 546 g/mol. The second-order valence-electron chi connectivity index (χ2n) is 6.69. The average molecular weight is 545 g/mol. The summed E-state index contributed by atoms with van der Waals surface area (Å²) in [4.78, 5) is 0. The molecule has 3 aromatic carbocycles. The Morgan fingerprint density at radius 2 is 0.971 bits per heavy atom. The number of methoxy groups -OCH3 is 2. The van der Waals surface area contributed by atoms with Gasteiger partial charge in [-0.3, -0.25) is 0 Å². The Bertz CT molecular complexity index is 917. The molecule has 0 bridgehead atoms. The molecule has 3 rings (SSSR count). The first-order valence-corrected chi connectivity index (χ1v) is 13.0. The van der Waals surface area contributed by atoms with Crippen LogP contribution in [-0.2, 0) is 9.47 Å². The number of hydrogen-bond donors (Lipinski definition) is 0. The van der Waals surface area contributed by atoms with E-state index in [-0.39, 0.29) is 0 Å². The maximum atomic E-state index is 9.75. The Morgan fingerprint density at radius 1 is 0.588 bits per heavy atom. The molecule has 0 aliphatic heterocycles. The van der Waals surface area contributed by atoms with Crippen LogP contribution in [0.2, 0.25) is 0 Å². The number of benzene rings is 3. The largest absolute Gasteiger partial charge is 0.673 e. The van der Waals surface area contributed by atoms with Crippen LogP contribution in [0.3, 0.4) is 0 Å². The van der Waals surface area contributed by atoms with Crippen LogP contribution in [-0.4, -0.2) is 61.8 Å². The molecule has 34 heavy (non-hydrogen) atoms. The first-order valence-electron chi connectivity index (χ1n) is 10.4. The number of ether oxygens (including phenoxy) is 4. The topological polar surface area (TPSA) is 36.9 Å². The van der Waals surface area contributed by atoms with Gasteiger partial charge in [-0.1, -0.05) is 0 Å². The van der Waals surface area contributed by atoms with Gasteiger partial charge in [0.1, 0.15) is 0 Å². The summed E-state index contributed by atoms with van der Waals surface area (Å²) >= 11 is -1.64. The van der Waals surface area contributed by atoms with Crippen LogP contribution >= 0.6 is 0 Å². The first kappa shape index (κ1) is 27.7. The van der Waals surface area contributed by atoms with E-state index in [1.807, 2.05) is 24.3 Å². The molecule has 184 valence electrons. The summed E-state index contributed by atoms with van der Waals surface area (Å²) < 4.78 is 65.2. The molecular weight excluding hydrogens is 518 g/mol. The fourth-order valence-corrected chi connectivity index (χ4v) is 7.62. The van der Waals surface area contributed by atoms with Crippen LogP contribution in [0.25, 0.3) is 0 Å². The van der Waals surface area contributed by atoms with Crippen molar-refractivity contribution in [3.8, 4) is 11.5 Å². The quantitative estimate of drug-likeness (QED) is 0.210. The van der Waals surface area contributed by atoms with Gasteiger partial charge in [0.2, 0.25) is 0 Å². The zero-order valence-electron chi connectivity index (χ0n) is 19.0. The first-order chi connectivity index (χ1) is 16.3. The molecule has 10 heteroatoms. The van der Waals surface area contributed by atoms with Crippen LogP contribution in [0.4, 0.5) is 17.3 Å². The molecule has 0 amide bonds. The number of halogens is 4. The van der Waals surface area contributed by atoms with E-state index in [4.69, 9.17) is 18.9 Å². The van der Waals surface area contributed by atoms with Gasteiger partial charge in [0.05, 0.1) is 0 Å². The van der Waals surface area contributed by atoms with Gasteiger partial charge in [-0.15, -0.1) is 0 Å². The van der Waals surface area contributed by atoms with Crippen molar-refractivity contribution in [1.82, 2.24) is 0 Å². The summed E-state index contributed by atoms with van der Waals surface area (Å²) in [6.07, 6.45) is 0. The van der Waals surface area contributed by atoms with Gasteiger partial charge in [-0.2, -0.15) is 0 Å². The van der Waals surface area contributed by atoms with Crippen molar-refractivity contribution in [3.63, 3.8) is 0 Å². The summed E-state index contributed by atoms with van der Waals surface area (Å²) in [6, 6.07) is 27.2. The summed E-state index contributed by atoms with van der Waals surface area (Å²) in [5.41, 5.74) is 0. The normalized spacial score (nSPS) is 11.0. The van der Waals surface area contributed by atoms with Gasteiger partial charge in [0.25, 0.3) is 0 Å². The van der Waals surface area contributed by atoms with Gasteiger partial charge >= 0.3 is 184 Å². The maximum absolute atomic E-state index is 9.75. The van der Waals surface area contributed by atoms with E-state index < -0.39 is 21.2 Å². The SMILES string of the molecule is COCCOc1ccccc1[Se+](c1ccccc1)c1ccccc1OCCOC.F[B-](F)(F)F. The van der Waals surface area contributed by atoms with Crippen molar-refractivity contribution in [2.75, 3.05) is 40.6 Å². The smallest absolute Gasteiger partial charge is 0.418 e. The Hall–Kier alpha value is -2.52. The molecule has 0 atom stereocenters. The number of rotatable bonds is 11. The minimum Gasteiger partial charge on any atom is -0.418 e. The van der Waals surface area contributed by atoms with Crippen LogP contribution in [0.15, 0.2) is 78.9 Å². The second-order valence-corrected chi connectivity index (χ2v) is 10.8. The molecule has 3 aromatic rings. The predicted molar refractivity (Wildman–Crippen MR) is 129 cm³/mol. The molecule has 0 spiro atoms. The fourth-order valence-electron chi connectivity index (χ4n) is 2.87. The van der Waals surface area contributed by atoms with Crippen molar-refractivity contribution in [1.29, 1.82) is 0 Å². The van der Waals surface area contributed by atoms with Crippen LogP contribution in [0, 0.1) is 0 Å². The van der Waals surface area contributed by atoms with Gasteiger partial charge in [0.15, 0.2) is 0 Å². The Labute approximate surface area is 201 Å². The molecule has 4 nitrogen and oxygen atoms in total. The second kappa shape index (κ2) is 14.7. The Morgan fingerprint density at radius 3 is 1.38 bits per heavy atom. The van der Waals surface area contributed by atoms with Crippen molar-refractivity contribution in [3.05, 3.63) is 78.9 Å². The molecule has 0 saturated carbocycles. The zero-order valence-corrected chi connectivity index (χ0v) is 20.7. The minimum absolute atomic E-state index is 0.521. The molecular formula is C24H27BF4O4Se. The zero-order chi connectivity index (χ0) is 24.8. The third-order valence-electron chi connectivity index (χ3n) is 4.21. The van der Waals surface area contributed by atoms with Crippen LogP contribution in [0.1, 0.15) is 0 Å². The Kier molecular flexibility index (Phi) is 12.0. The molecule has 0 fully saturated rings. The van der Waals surface area contributed by atoms with E-state index in [0.29, 0.717) is 26.4 Å². The van der Waals surface area contributed by atoms with Gasteiger partial charge in [0, 0.05) is 0 Å². The molecule has 0 radical (unpaired) electrons. The Balaban J connectivity index is 0.000000739. The summed E-state index contributed by atoms with van der Waals surface area (Å²) in [5.74, 6) is 1.81. The van der Waals surface area contributed by atoms with Crippen molar-refractivity contribution in [2.45, 2.75) is 0 Å². The van der Waals surface area contributed by atoms with Gasteiger partial charge in [-0.05, 0) is 0 Å². The van der Waals surface area contributed by atoms with Crippen LogP contribution < -0.4 is 22.9 Å². The summed E-state index contributed by atoms with van der Waals surface area (Å²) in [5, 5.41) is 0. The van der Waals surface area contributed by atoms with E-state index in [0.717, 1.165) is 11.5 Å². The maximum Gasteiger partial charge on any atom is 0.673 e. The molecule has 0 heterocycles. The predicted octanol–water partition coefficient (Wildman–Crippen LogP) is 3.55. The van der Waals surface area contributed by atoms with E-state index in [9.17, 15) is 17.3 Å². The van der Waals surface area contributed by atoms with Crippen molar-refractivity contribution < 1.29 is 36.2 Å². The molecule has 0 unspecified atom stereocenters. The third-order valence-corrected chi connectivity index (χ3v) is 9.03.